The Labute approximate surface area is 102 Å². The predicted octanol–water partition coefficient (Wildman–Crippen LogP) is 3.64. The minimum absolute atomic E-state index is 0.121. The maximum atomic E-state index is 12.6. The molecular formula is C12H10FNO2S. The molecule has 0 aliphatic carbocycles. The highest BCUT2D eigenvalue weighted by Crippen LogP contribution is 2.12. The first kappa shape index (κ1) is 11.6. The van der Waals surface area contributed by atoms with Crippen molar-refractivity contribution in [2.24, 2.45) is 0 Å². The lowest BCUT2D eigenvalue weighted by Crippen LogP contribution is -2.12. The van der Waals surface area contributed by atoms with E-state index < -0.39 is 6.09 Å². The monoisotopic (exact) mass is 251 g/mol. The minimum Gasteiger partial charge on any atom is -0.444 e. The van der Waals surface area contributed by atoms with E-state index in [1.807, 2.05) is 5.38 Å². The van der Waals surface area contributed by atoms with Gasteiger partial charge in [0.05, 0.1) is 5.69 Å². The molecule has 0 unspecified atom stereocenters. The molecule has 0 saturated carbocycles. The van der Waals surface area contributed by atoms with Crippen LogP contribution < -0.4 is 5.32 Å². The zero-order valence-electron chi connectivity index (χ0n) is 8.85. The molecule has 0 spiro atoms. The number of hydrogen-bond donors (Lipinski definition) is 1. The molecule has 1 N–H and O–H groups in total. The van der Waals surface area contributed by atoms with Crippen LogP contribution in [0, 0.1) is 5.82 Å². The lowest BCUT2D eigenvalue weighted by Gasteiger charge is -2.05. The van der Waals surface area contributed by atoms with Crippen molar-refractivity contribution in [3.05, 3.63) is 52.5 Å². The smallest absolute Gasteiger partial charge is 0.411 e. The van der Waals surface area contributed by atoms with E-state index in [0.29, 0.717) is 5.69 Å². The predicted molar refractivity (Wildman–Crippen MR) is 64.5 cm³/mol. The Kier molecular flexibility index (Phi) is 3.72. The number of ether oxygens (including phenoxy) is 1. The second-order valence-corrected chi connectivity index (χ2v) is 4.12. The molecule has 1 aromatic heterocycles. The number of thiophene rings is 1. The molecule has 0 aliphatic rings. The van der Waals surface area contributed by atoms with Crippen LogP contribution in [0.3, 0.4) is 0 Å². The third-order valence-electron chi connectivity index (χ3n) is 2.05. The number of halogens is 1. The summed E-state index contributed by atoms with van der Waals surface area (Å²) in [7, 11) is 0. The first-order valence-corrected chi connectivity index (χ1v) is 5.89. The molecule has 1 aromatic carbocycles. The molecule has 0 fully saturated rings. The Bertz CT molecular complexity index is 482. The van der Waals surface area contributed by atoms with Gasteiger partial charge in [-0.15, -0.1) is 0 Å². The molecule has 5 heteroatoms. The summed E-state index contributed by atoms with van der Waals surface area (Å²) < 4.78 is 17.6. The van der Waals surface area contributed by atoms with Gasteiger partial charge in [0.2, 0.25) is 0 Å². The molecular weight excluding hydrogens is 241 g/mol. The van der Waals surface area contributed by atoms with Gasteiger partial charge in [-0.3, -0.25) is 5.32 Å². The highest BCUT2D eigenvalue weighted by molar-refractivity contribution is 7.08. The highest BCUT2D eigenvalue weighted by atomic mass is 32.1. The van der Waals surface area contributed by atoms with Crippen LogP contribution >= 0.6 is 11.3 Å². The van der Waals surface area contributed by atoms with Gasteiger partial charge in [0, 0.05) is 5.38 Å². The zero-order chi connectivity index (χ0) is 12.1. The van der Waals surface area contributed by atoms with E-state index in [1.165, 1.54) is 23.5 Å². The summed E-state index contributed by atoms with van der Waals surface area (Å²) in [5, 5.41) is 6.24. The van der Waals surface area contributed by atoms with E-state index in [0.717, 1.165) is 5.56 Å². The fourth-order valence-electron chi connectivity index (χ4n) is 1.22. The van der Waals surface area contributed by atoms with E-state index >= 15 is 0 Å². The molecule has 1 amide bonds. The molecule has 1 heterocycles. The Morgan fingerprint density at radius 1 is 1.29 bits per heavy atom. The Balaban J connectivity index is 1.82. The summed E-state index contributed by atoms with van der Waals surface area (Å²) >= 11 is 1.49. The van der Waals surface area contributed by atoms with Crippen LogP contribution in [0.1, 0.15) is 5.56 Å². The largest absolute Gasteiger partial charge is 0.444 e. The summed E-state index contributed by atoms with van der Waals surface area (Å²) in [6.07, 6.45) is -0.521. The van der Waals surface area contributed by atoms with Crippen LogP contribution in [-0.2, 0) is 11.3 Å². The van der Waals surface area contributed by atoms with Crippen LogP contribution in [0.2, 0.25) is 0 Å². The van der Waals surface area contributed by atoms with Gasteiger partial charge < -0.3 is 4.74 Å². The highest BCUT2D eigenvalue weighted by Gasteiger charge is 2.03. The molecule has 0 aliphatic heterocycles. The number of carbonyl (C=O) groups is 1. The van der Waals surface area contributed by atoms with Gasteiger partial charge in [0.25, 0.3) is 0 Å². The number of hydrogen-bond acceptors (Lipinski definition) is 3. The zero-order valence-corrected chi connectivity index (χ0v) is 9.67. The fourth-order valence-corrected chi connectivity index (χ4v) is 1.81. The topological polar surface area (TPSA) is 38.3 Å². The maximum Gasteiger partial charge on any atom is 0.411 e. The lowest BCUT2D eigenvalue weighted by atomic mass is 10.2. The summed E-state index contributed by atoms with van der Waals surface area (Å²) in [5.41, 5.74) is 1.45. The average Bonchev–Trinajstić information content (AvgIpc) is 2.81. The van der Waals surface area contributed by atoms with Crippen molar-refractivity contribution in [2.75, 3.05) is 5.32 Å². The first-order valence-electron chi connectivity index (χ1n) is 4.94. The fraction of sp³-hybridized carbons (Fsp3) is 0.0833. The van der Waals surface area contributed by atoms with Gasteiger partial charge >= 0.3 is 6.09 Å². The third-order valence-corrected chi connectivity index (χ3v) is 2.73. The quantitative estimate of drug-likeness (QED) is 0.904. The van der Waals surface area contributed by atoms with Crippen LogP contribution in [0.4, 0.5) is 14.9 Å². The van der Waals surface area contributed by atoms with Crippen LogP contribution in [-0.4, -0.2) is 6.09 Å². The van der Waals surface area contributed by atoms with Crippen molar-refractivity contribution in [1.82, 2.24) is 0 Å². The van der Waals surface area contributed by atoms with E-state index in [4.69, 9.17) is 4.74 Å². The number of anilines is 1. The molecule has 3 nitrogen and oxygen atoms in total. The van der Waals surface area contributed by atoms with Gasteiger partial charge in [-0.1, -0.05) is 12.1 Å². The molecule has 0 atom stereocenters. The Hall–Kier alpha value is -1.88. The van der Waals surface area contributed by atoms with Gasteiger partial charge in [-0.05, 0) is 29.1 Å². The van der Waals surface area contributed by atoms with Gasteiger partial charge in [-0.25, -0.2) is 9.18 Å². The van der Waals surface area contributed by atoms with Crippen LogP contribution in [0.25, 0.3) is 0 Å². The van der Waals surface area contributed by atoms with Gasteiger partial charge in [0.1, 0.15) is 12.4 Å². The van der Waals surface area contributed by atoms with Crippen molar-refractivity contribution in [3.63, 3.8) is 0 Å². The van der Waals surface area contributed by atoms with Crippen molar-refractivity contribution >= 4 is 23.1 Å². The minimum atomic E-state index is -0.521. The number of benzene rings is 1. The molecule has 17 heavy (non-hydrogen) atoms. The Morgan fingerprint density at radius 3 is 2.71 bits per heavy atom. The van der Waals surface area contributed by atoms with Crippen LogP contribution in [0.15, 0.2) is 41.1 Å². The molecule has 88 valence electrons. The Morgan fingerprint density at radius 2 is 2.06 bits per heavy atom. The molecule has 2 rings (SSSR count). The summed E-state index contributed by atoms with van der Waals surface area (Å²) in [5.74, 6) is -0.309. The first-order chi connectivity index (χ1) is 8.24. The second-order valence-electron chi connectivity index (χ2n) is 3.34. The van der Waals surface area contributed by atoms with Gasteiger partial charge in [0.15, 0.2) is 0 Å². The summed E-state index contributed by atoms with van der Waals surface area (Å²) in [6, 6.07) is 7.59. The number of rotatable bonds is 3. The summed E-state index contributed by atoms with van der Waals surface area (Å²) in [4.78, 5) is 11.3. The molecule has 0 bridgehead atoms. The van der Waals surface area contributed by atoms with Crippen molar-refractivity contribution in [3.8, 4) is 0 Å². The van der Waals surface area contributed by atoms with Crippen molar-refractivity contribution in [2.45, 2.75) is 6.61 Å². The number of nitrogens with one attached hydrogen (secondary N) is 1. The van der Waals surface area contributed by atoms with Crippen molar-refractivity contribution < 1.29 is 13.9 Å². The number of carbonyl (C=O) groups excluding carboxylic acids is 1. The third kappa shape index (κ3) is 3.57. The lowest BCUT2D eigenvalue weighted by molar-refractivity contribution is 0.155. The van der Waals surface area contributed by atoms with E-state index in [9.17, 15) is 9.18 Å². The van der Waals surface area contributed by atoms with Gasteiger partial charge in [-0.2, -0.15) is 11.3 Å². The van der Waals surface area contributed by atoms with E-state index in [2.05, 4.69) is 5.32 Å². The number of amides is 1. The molecule has 2 aromatic rings. The van der Waals surface area contributed by atoms with Crippen molar-refractivity contribution in [1.29, 1.82) is 0 Å². The second kappa shape index (κ2) is 5.45. The standard InChI is InChI=1S/C12H10FNO2S/c13-10-3-1-9(2-4-10)7-16-12(15)14-11-5-6-17-8-11/h1-6,8H,7H2,(H,14,15). The molecule has 0 radical (unpaired) electrons. The van der Waals surface area contributed by atoms with E-state index in [-0.39, 0.29) is 12.4 Å². The molecule has 0 saturated heterocycles. The van der Waals surface area contributed by atoms with Crippen LogP contribution in [0.5, 0.6) is 0 Å². The SMILES string of the molecule is O=C(Nc1ccsc1)OCc1ccc(F)cc1. The summed E-state index contributed by atoms with van der Waals surface area (Å²) in [6.45, 7) is 0.121. The maximum absolute atomic E-state index is 12.6. The normalized spacial score (nSPS) is 9.94. The average molecular weight is 251 g/mol. The van der Waals surface area contributed by atoms with E-state index in [1.54, 1.807) is 23.6 Å².